The van der Waals surface area contributed by atoms with Crippen LogP contribution in [-0.4, -0.2) is 26.9 Å². The molecule has 2 saturated carbocycles. The van der Waals surface area contributed by atoms with Gasteiger partial charge in [-0.3, -0.25) is 4.79 Å². The van der Waals surface area contributed by atoms with Crippen LogP contribution in [0, 0.1) is 0 Å². The van der Waals surface area contributed by atoms with Crippen LogP contribution in [0.2, 0.25) is 0 Å². The molecule has 1 aromatic carbocycles. The number of hydrogen-bond acceptors (Lipinski definition) is 3. The van der Waals surface area contributed by atoms with Gasteiger partial charge >= 0.3 is 0 Å². The normalized spacial score (nSPS) is 20.3. The number of rotatable bonds is 3. The van der Waals surface area contributed by atoms with Crippen LogP contribution < -0.4 is 5.32 Å². The summed E-state index contributed by atoms with van der Waals surface area (Å²) in [5, 5.41) is 11.8. The lowest BCUT2D eigenvalue weighted by atomic mass is 10.1. The van der Waals surface area contributed by atoms with Crippen molar-refractivity contribution in [2.45, 2.75) is 76.3 Å². The lowest BCUT2D eigenvalue weighted by molar-refractivity contribution is 0.0933. The zero-order valence-electron chi connectivity index (χ0n) is 14.2. The first kappa shape index (κ1) is 15.6. The predicted molar refractivity (Wildman–Crippen MR) is 94.0 cm³/mol. The molecule has 5 nitrogen and oxygen atoms in total. The average Bonchev–Trinajstić information content (AvgIpc) is 3.19. The number of benzene rings is 1. The van der Waals surface area contributed by atoms with Gasteiger partial charge in [-0.2, -0.15) is 0 Å². The van der Waals surface area contributed by atoms with Gasteiger partial charge in [-0.05, 0) is 43.9 Å². The first-order valence-corrected chi connectivity index (χ1v) is 9.47. The van der Waals surface area contributed by atoms with Crippen molar-refractivity contribution < 1.29 is 4.79 Å². The van der Waals surface area contributed by atoms with Crippen LogP contribution in [0.15, 0.2) is 18.2 Å². The molecule has 2 aromatic rings. The maximum absolute atomic E-state index is 12.6. The van der Waals surface area contributed by atoms with Crippen molar-refractivity contribution in [1.29, 1.82) is 0 Å². The molecule has 0 aliphatic heterocycles. The molecule has 2 aliphatic carbocycles. The second kappa shape index (κ2) is 6.91. The summed E-state index contributed by atoms with van der Waals surface area (Å²) in [6.07, 6.45) is 12.1. The Morgan fingerprint density at radius 2 is 1.71 bits per heavy atom. The number of fused-ring (bicyclic) bond motifs is 1. The van der Waals surface area contributed by atoms with Crippen LogP contribution >= 0.6 is 0 Å². The summed E-state index contributed by atoms with van der Waals surface area (Å²) in [5.41, 5.74) is 2.58. The molecule has 1 N–H and O–H groups in total. The summed E-state index contributed by atoms with van der Waals surface area (Å²) in [6, 6.07) is 6.61. The summed E-state index contributed by atoms with van der Waals surface area (Å²) < 4.78 is 2.05. The minimum Gasteiger partial charge on any atom is -0.349 e. The van der Waals surface area contributed by atoms with E-state index >= 15 is 0 Å². The van der Waals surface area contributed by atoms with Gasteiger partial charge in [0, 0.05) is 11.6 Å². The largest absolute Gasteiger partial charge is 0.349 e. The van der Waals surface area contributed by atoms with Gasteiger partial charge in [0.2, 0.25) is 0 Å². The molecule has 2 aliphatic rings. The first-order chi connectivity index (χ1) is 11.8. The van der Waals surface area contributed by atoms with E-state index in [1.165, 1.54) is 51.4 Å². The SMILES string of the molecule is O=C(NC1CCCCCC1)c1ccc2c(c1)nnn2C1CCCC1. The molecule has 4 rings (SSSR count). The third kappa shape index (κ3) is 3.17. The van der Waals surface area contributed by atoms with E-state index in [1.54, 1.807) is 0 Å². The summed E-state index contributed by atoms with van der Waals surface area (Å²) >= 11 is 0. The molecule has 1 heterocycles. The molecule has 2 fully saturated rings. The number of nitrogens with one attached hydrogen (secondary N) is 1. The lowest BCUT2D eigenvalue weighted by Crippen LogP contribution is -2.34. The molecule has 0 saturated heterocycles. The highest BCUT2D eigenvalue weighted by Crippen LogP contribution is 2.31. The molecule has 128 valence electrons. The van der Waals surface area contributed by atoms with E-state index in [1.807, 2.05) is 18.2 Å². The quantitative estimate of drug-likeness (QED) is 0.867. The molecule has 5 heteroatoms. The highest BCUT2D eigenvalue weighted by atomic mass is 16.1. The van der Waals surface area contributed by atoms with E-state index in [2.05, 4.69) is 20.3 Å². The maximum atomic E-state index is 12.6. The van der Waals surface area contributed by atoms with Gasteiger partial charge in [-0.25, -0.2) is 4.68 Å². The smallest absolute Gasteiger partial charge is 0.251 e. The topological polar surface area (TPSA) is 59.8 Å². The van der Waals surface area contributed by atoms with E-state index in [-0.39, 0.29) is 5.91 Å². The van der Waals surface area contributed by atoms with Crippen LogP contribution in [0.1, 0.15) is 80.6 Å². The minimum atomic E-state index is 0.0271. The summed E-state index contributed by atoms with van der Waals surface area (Å²) in [6.45, 7) is 0. The van der Waals surface area contributed by atoms with Crippen molar-refractivity contribution in [2.75, 3.05) is 0 Å². The molecular formula is C19H26N4O. The third-order valence-corrected chi connectivity index (χ3v) is 5.59. The number of amides is 1. The zero-order chi connectivity index (χ0) is 16.4. The second-order valence-electron chi connectivity index (χ2n) is 7.34. The first-order valence-electron chi connectivity index (χ1n) is 9.47. The van der Waals surface area contributed by atoms with Crippen molar-refractivity contribution in [3.8, 4) is 0 Å². The fourth-order valence-electron chi connectivity index (χ4n) is 4.19. The fraction of sp³-hybridized carbons (Fsp3) is 0.632. The van der Waals surface area contributed by atoms with Crippen LogP contribution in [-0.2, 0) is 0 Å². The van der Waals surface area contributed by atoms with Crippen LogP contribution in [0.25, 0.3) is 11.0 Å². The molecule has 1 aromatic heterocycles. The van der Waals surface area contributed by atoms with E-state index in [0.29, 0.717) is 17.6 Å². The molecule has 0 bridgehead atoms. The van der Waals surface area contributed by atoms with Gasteiger partial charge in [-0.15, -0.1) is 5.10 Å². The Labute approximate surface area is 142 Å². The Morgan fingerprint density at radius 1 is 1.00 bits per heavy atom. The van der Waals surface area contributed by atoms with Gasteiger partial charge in [0.05, 0.1) is 11.6 Å². The number of hydrogen-bond donors (Lipinski definition) is 1. The number of carbonyl (C=O) groups excluding carboxylic acids is 1. The molecule has 0 atom stereocenters. The third-order valence-electron chi connectivity index (χ3n) is 5.59. The number of nitrogens with zero attached hydrogens (tertiary/aromatic N) is 3. The Bertz CT molecular complexity index is 709. The van der Waals surface area contributed by atoms with Crippen molar-refractivity contribution in [1.82, 2.24) is 20.3 Å². The Kier molecular flexibility index (Phi) is 4.50. The summed E-state index contributed by atoms with van der Waals surface area (Å²) in [4.78, 5) is 12.6. The minimum absolute atomic E-state index is 0.0271. The van der Waals surface area contributed by atoms with E-state index in [9.17, 15) is 4.79 Å². The fourth-order valence-corrected chi connectivity index (χ4v) is 4.19. The number of carbonyl (C=O) groups is 1. The Morgan fingerprint density at radius 3 is 2.46 bits per heavy atom. The molecule has 0 spiro atoms. The monoisotopic (exact) mass is 326 g/mol. The Balaban J connectivity index is 1.51. The van der Waals surface area contributed by atoms with E-state index in [0.717, 1.165) is 23.9 Å². The van der Waals surface area contributed by atoms with Crippen molar-refractivity contribution in [3.63, 3.8) is 0 Å². The van der Waals surface area contributed by atoms with E-state index < -0.39 is 0 Å². The van der Waals surface area contributed by atoms with Gasteiger partial charge in [0.1, 0.15) is 5.52 Å². The molecule has 0 unspecified atom stereocenters. The molecule has 24 heavy (non-hydrogen) atoms. The van der Waals surface area contributed by atoms with Gasteiger partial charge in [-0.1, -0.05) is 43.7 Å². The number of aromatic nitrogens is 3. The van der Waals surface area contributed by atoms with Gasteiger partial charge in [0.15, 0.2) is 0 Å². The van der Waals surface area contributed by atoms with Crippen LogP contribution in [0.5, 0.6) is 0 Å². The maximum Gasteiger partial charge on any atom is 0.251 e. The van der Waals surface area contributed by atoms with Crippen molar-refractivity contribution in [2.24, 2.45) is 0 Å². The highest BCUT2D eigenvalue weighted by Gasteiger charge is 2.21. The summed E-state index contributed by atoms with van der Waals surface area (Å²) in [5.74, 6) is 0.0271. The second-order valence-corrected chi connectivity index (χ2v) is 7.34. The van der Waals surface area contributed by atoms with E-state index in [4.69, 9.17) is 0 Å². The van der Waals surface area contributed by atoms with Crippen molar-refractivity contribution >= 4 is 16.9 Å². The average molecular weight is 326 g/mol. The Hall–Kier alpha value is -1.91. The van der Waals surface area contributed by atoms with Crippen LogP contribution in [0.3, 0.4) is 0 Å². The lowest BCUT2D eigenvalue weighted by Gasteiger charge is -2.16. The highest BCUT2D eigenvalue weighted by molar-refractivity contribution is 5.97. The molecule has 0 radical (unpaired) electrons. The molecule has 1 amide bonds. The standard InChI is InChI=1S/C19H26N4O/c24-19(20-15-7-3-1-2-4-8-15)14-11-12-18-17(13-14)21-22-23(18)16-9-5-6-10-16/h11-13,15-16H,1-10H2,(H,20,24). The van der Waals surface area contributed by atoms with Crippen LogP contribution in [0.4, 0.5) is 0 Å². The predicted octanol–water partition coefficient (Wildman–Crippen LogP) is 4.00. The zero-order valence-corrected chi connectivity index (χ0v) is 14.2. The summed E-state index contributed by atoms with van der Waals surface area (Å²) in [7, 11) is 0. The van der Waals surface area contributed by atoms with Gasteiger partial charge in [0.25, 0.3) is 5.91 Å². The van der Waals surface area contributed by atoms with Gasteiger partial charge < -0.3 is 5.32 Å². The van der Waals surface area contributed by atoms with Crippen molar-refractivity contribution in [3.05, 3.63) is 23.8 Å². The molecular weight excluding hydrogens is 300 g/mol.